The van der Waals surface area contributed by atoms with E-state index in [2.05, 4.69) is 13.2 Å². The zero-order valence-electron chi connectivity index (χ0n) is 10.5. The molecule has 0 aliphatic carbocycles. The lowest BCUT2D eigenvalue weighted by Crippen LogP contribution is -2.37. The van der Waals surface area contributed by atoms with E-state index in [4.69, 9.17) is 11.5 Å². The van der Waals surface area contributed by atoms with Crippen molar-refractivity contribution in [2.24, 2.45) is 11.5 Å². The maximum absolute atomic E-state index is 13.4. The molecule has 0 radical (unpaired) electrons. The number of alkyl halides is 5. The van der Waals surface area contributed by atoms with Crippen molar-refractivity contribution < 1.29 is 22.0 Å². The summed E-state index contributed by atoms with van der Waals surface area (Å²) in [7, 11) is 0. The van der Waals surface area contributed by atoms with Gasteiger partial charge in [-0.2, -0.15) is 13.2 Å². The number of nitrogens with two attached hydrogens (primary N) is 2. The summed E-state index contributed by atoms with van der Waals surface area (Å²) in [6.07, 6.45) is -4.62. The molecule has 0 bridgehead atoms. The van der Waals surface area contributed by atoms with Gasteiger partial charge in [0.15, 0.2) is 0 Å². The van der Waals surface area contributed by atoms with E-state index < -0.39 is 42.3 Å². The maximum atomic E-state index is 13.4. The summed E-state index contributed by atoms with van der Waals surface area (Å²) in [4.78, 5) is 0. The van der Waals surface area contributed by atoms with Gasteiger partial charge in [-0.1, -0.05) is 20.1 Å². The Labute approximate surface area is 108 Å². The summed E-state index contributed by atoms with van der Waals surface area (Å²) in [5.41, 5.74) is 8.68. The summed E-state index contributed by atoms with van der Waals surface area (Å²) >= 11 is 0. The van der Waals surface area contributed by atoms with Gasteiger partial charge in [0, 0.05) is 24.1 Å². The molecule has 4 N–H and O–H groups in total. The third kappa shape index (κ3) is 4.76. The lowest BCUT2D eigenvalue weighted by molar-refractivity contribution is -0.0879. The molecular weight excluding hydrogens is 267 g/mol. The first-order chi connectivity index (χ1) is 8.47. The zero-order chi connectivity index (χ0) is 15.4. The van der Waals surface area contributed by atoms with Crippen molar-refractivity contribution in [1.29, 1.82) is 0 Å². The molecule has 0 heterocycles. The van der Waals surface area contributed by atoms with Gasteiger partial charge in [0.1, 0.15) is 0 Å². The number of rotatable bonds is 6. The van der Waals surface area contributed by atoms with Crippen LogP contribution in [-0.4, -0.2) is 24.7 Å². The minimum absolute atomic E-state index is 0.194. The van der Waals surface area contributed by atoms with Gasteiger partial charge in [-0.15, -0.1) is 0 Å². The van der Waals surface area contributed by atoms with E-state index in [0.717, 1.165) is 0 Å². The van der Waals surface area contributed by atoms with Crippen LogP contribution in [0.1, 0.15) is 13.3 Å². The monoisotopic (exact) mass is 284 g/mol. The molecule has 0 spiro atoms. The number of hydrogen-bond donors (Lipinski definition) is 2. The van der Waals surface area contributed by atoms with Crippen LogP contribution in [0.5, 0.6) is 0 Å². The first-order valence-electron chi connectivity index (χ1n) is 5.46. The highest BCUT2D eigenvalue weighted by Gasteiger charge is 2.36. The van der Waals surface area contributed by atoms with E-state index in [1.165, 1.54) is 6.92 Å². The van der Waals surface area contributed by atoms with Gasteiger partial charge in [0.05, 0.1) is 6.04 Å². The number of hydrogen-bond acceptors (Lipinski definition) is 2. The lowest BCUT2D eigenvalue weighted by Gasteiger charge is -2.24. The average molecular weight is 284 g/mol. The van der Waals surface area contributed by atoms with Crippen molar-refractivity contribution in [3.05, 3.63) is 36.0 Å². The van der Waals surface area contributed by atoms with Crippen LogP contribution in [0.3, 0.4) is 0 Å². The number of allylic oxidation sites excluding steroid dienone is 2. The molecule has 0 rings (SSSR count). The van der Waals surface area contributed by atoms with Crippen LogP contribution >= 0.6 is 0 Å². The molecule has 0 amide bonds. The predicted molar refractivity (Wildman–Crippen MR) is 64.7 cm³/mol. The van der Waals surface area contributed by atoms with Crippen molar-refractivity contribution in [1.82, 2.24) is 0 Å². The third-order valence-corrected chi connectivity index (χ3v) is 2.65. The van der Waals surface area contributed by atoms with Crippen molar-refractivity contribution in [3.63, 3.8) is 0 Å². The van der Waals surface area contributed by atoms with Crippen LogP contribution in [0, 0.1) is 0 Å². The molecule has 1 atom stereocenters. The second-order valence-electron chi connectivity index (χ2n) is 4.01. The van der Waals surface area contributed by atoms with Gasteiger partial charge in [-0.3, -0.25) is 0 Å². The molecule has 0 saturated carbocycles. The Balaban J connectivity index is 5.24. The molecule has 7 heteroatoms. The lowest BCUT2D eigenvalue weighted by atomic mass is 9.93. The topological polar surface area (TPSA) is 52.0 Å². The highest BCUT2D eigenvalue weighted by molar-refractivity contribution is 5.35. The molecule has 0 aliphatic heterocycles. The predicted octanol–water partition coefficient (Wildman–Crippen LogP) is 2.92. The zero-order valence-corrected chi connectivity index (χ0v) is 10.5. The van der Waals surface area contributed by atoms with Gasteiger partial charge in [-0.05, 0) is 11.6 Å². The van der Waals surface area contributed by atoms with Gasteiger partial charge in [-0.25, -0.2) is 8.78 Å². The van der Waals surface area contributed by atoms with Crippen molar-refractivity contribution in [2.45, 2.75) is 31.5 Å². The van der Waals surface area contributed by atoms with Crippen molar-refractivity contribution >= 4 is 0 Å². The second-order valence-corrected chi connectivity index (χ2v) is 4.01. The van der Waals surface area contributed by atoms with Crippen molar-refractivity contribution in [2.75, 3.05) is 6.54 Å². The van der Waals surface area contributed by atoms with E-state index in [-0.39, 0.29) is 5.57 Å². The van der Waals surface area contributed by atoms with Crippen LogP contribution in [-0.2, 0) is 0 Å². The van der Waals surface area contributed by atoms with E-state index in [1.54, 1.807) is 0 Å². The normalized spacial score (nSPS) is 15.3. The van der Waals surface area contributed by atoms with Crippen LogP contribution < -0.4 is 11.5 Å². The molecule has 0 saturated heterocycles. The van der Waals surface area contributed by atoms with Crippen LogP contribution in [0.25, 0.3) is 0 Å². The molecule has 110 valence electrons. The third-order valence-electron chi connectivity index (χ3n) is 2.65. The summed E-state index contributed by atoms with van der Waals surface area (Å²) in [5.74, 6) is -3.26. The Bertz CT molecular complexity index is 382. The smallest absolute Gasteiger partial charge is 0.327 e. The fourth-order valence-corrected chi connectivity index (χ4v) is 1.26. The first kappa shape index (κ1) is 17.8. The molecule has 19 heavy (non-hydrogen) atoms. The Morgan fingerprint density at radius 1 is 1.21 bits per heavy atom. The Morgan fingerprint density at radius 3 is 2.00 bits per heavy atom. The maximum Gasteiger partial charge on any atom is 0.415 e. The SMILES string of the molecule is C=C(/C=C(/CN)C(N)C(=C)C(F)(F)CC)C(F)(F)F. The van der Waals surface area contributed by atoms with E-state index >= 15 is 0 Å². The summed E-state index contributed by atoms with van der Waals surface area (Å²) in [6.45, 7) is 6.79. The Kier molecular flexibility index (Phi) is 5.89. The highest BCUT2D eigenvalue weighted by Crippen LogP contribution is 2.31. The van der Waals surface area contributed by atoms with Crippen LogP contribution in [0.15, 0.2) is 36.0 Å². The molecule has 0 aromatic heterocycles. The van der Waals surface area contributed by atoms with Gasteiger partial charge >= 0.3 is 6.18 Å². The molecule has 0 aliphatic rings. The minimum Gasteiger partial charge on any atom is -0.327 e. The summed E-state index contributed by atoms with van der Waals surface area (Å²) in [5, 5.41) is 0. The second kappa shape index (κ2) is 6.29. The van der Waals surface area contributed by atoms with Gasteiger partial charge in [0.2, 0.25) is 0 Å². The highest BCUT2D eigenvalue weighted by atomic mass is 19.4. The molecule has 1 unspecified atom stereocenters. The van der Waals surface area contributed by atoms with E-state index in [9.17, 15) is 22.0 Å². The van der Waals surface area contributed by atoms with Gasteiger partial charge < -0.3 is 11.5 Å². The minimum atomic E-state index is -4.66. The molecule has 0 aromatic rings. The van der Waals surface area contributed by atoms with E-state index in [1.807, 2.05) is 0 Å². The fraction of sp³-hybridized carbons (Fsp3) is 0.500. The number of halogens is 5. The first-order valence-corrected chi connectivity index (χ1v) is 5.46. The standard InChI is InChI=1S/C12H17F5N2/c1-4-11(13,14)8(3)10(19)9(6-18)5-7(2)12(15,16)17/h5,10H,2-4,6,18-19H2,1H3/b9-5-. The van der Waals surface area contributed by atoms with Crippen LogP contribution in [0.2, 0.25) is 0 Å². The fourth-order valence-electron chi connectivity index (χ4n) is 1.26. The summed E-state index contributed by atoms with van der Waals surface area (Å²) < 4.78 is 63.7. The Hall–Kier alpha value is -1.21. The summed E-state index contributed by atoms with van der Waals surface area (Å²) in [6, 6.07) is -1.45. The van der Waals surface area contributed by atoms with E-state index in [0.29, 0.717) is 6.08 Å². The van der Waals surface area contributed by atoms with Gasteiger partial charge in [0.25, 0.3) is 5.92 Å². The molecule has 0 aromatic carbocycles. The largest absolute Gasteiger partial charge is 0.415 e. The molecular formula is C12H17F5N2. The molecule has 0 fully saturated rings. The Morgan fingerprint density at radius 2 is 1.68 bits per heavy atom. The van der Waals surface area contributed by atoms with Crippen molar-refractivity contribution in [3.8, 4) is 0 Å². The quantitative estimate of drug-likeness (QED) is 0.447. The molecule has 2 nitrogen and oxygen atoms in total. The van der Waals surface area contributed by atoms with Crippen LogP contribution in [0.4, 0.5) is 22.0 Å². The average Bonchev–Trinajstić information content (AvgIpc) is 2.32.